The third-order valence-corrected chi connectivity index (χ3v) is 5.21. The minimum atomic E-state index is -0.0529. The third kappa shape index (κ3) is 4.66. The van der Waals surface area contributed by atoms with Gasteiger partial charge in [0.15, 0.2) is 0 Å². The molecule has 1 aromatic carbocycles. The molecule has 26 heavy (non-hydrogen) atoms. The Morgan fingerprint density at radius 3 is 2.81 bits per heavy atom. The summed E-state index contributed by atoms with van der Waals surface area (Å²) in [5, 5.41) is 5.89. The Balaban J connectivity index is 1.44. The number of carbonyl (C=O) groups is 2. The van der Waals surface area contributed by atoms with Crippen molar-refractivity contribution in [1.29, 1.82) is 0 Å². The molecule has 0 radical (unpaired) electrons. The highest BCUT2D eigenvalue weighted by atomic mass is 16.5. The number of likely N-dealkylation sites (tertiary alicyclic amines) is 1. The number of rotatable bonds is 6. The molecule has 2 saturated heterocycles. The number of nitrogens with zero attached hydrogens (tertiary/aromatic N) is 1. The van der Waals surface area contributed by atoms with Crippen LogP contribution >= 0.6 is 0 Å². The summed E-state index contributed by atoms with van der Waals surface area (Å²) in [7, 11) is 1.64. The van der Waals surface area contributed by atoms with Gasteiger partial charge in [0.05, 0.1) is 6.61 Å². The van der Waals surface area contributed by atoms with E-state index in [1.54, 1.807) is 7.11 Å². The average molecular weight is 361 g/mol. The van der Waals surface area contributed by atoms with Crippen LogP contribution in [0.5, 0.6) is 5.75 Å². The zero-order valence-corrected chi connectivity index (χ0v) is 15.3. The van der Waals surface area contributed by atoms with Crippen molar-refractivity contribution in [3.05, 3.63) is 29.8 Å². The van der Waals surface area contributed by atoms with Crippen LogP contribution in [0.1, 0.15) is 24.8 Å². The molecule has 0 aromatic heterocycles. The molecule has 0 atom stereocenters. The van der Waals surface area contributed by atoms with E-state index >= 15 is 0 Å². The maximum atomic E-state index is 12.4. The second-order valence-corrected chi connectivity index (χ2v) is 7.09. The first-order chi connectivity index (χ1) is 12.6. The molecule has 2 heterocycles. The molecule has 2 fully saturated rings. The van der Waals surface area contributed by atoms with Gasteiger partial charge >= 0.3 is 6.03 Å². The van der Waals surface area contributed by atoms with Crippen molar-refractivity contribution in [2.45, 2.75) is 25.8 Å². The van der Waals surface area contributed by atoms with Gasteiger partial charge in [0.1, 0.15) is 12.4 Å². The van der Waals surface area contributed by atoms with E-state index in [9.17, 15) is 9.59 Å². The van der Waals surface area contributed by atoms with Crippen LogP contribution in [0.4, 0.5) is 4.79 Å². The highest BCUT2D eigenvalue weighted by Gasteiger charge is 2.41. The molecule has 1 aromatic rings. The van der Waals surface area contributed by atoms with Crippen LogP contribution in [0.2, 0.25) is 0 Å². The van der Waals surface area contributed by atoms with Gasteiger partial charge in [-0.25, -0.2) is 4.79 Å². The van der Waals surface area contributed by atoms with Crippen LogP contribution in [-0.2, 0) is 16.1 Å². The van der Waals surface area contributed by atoms with Crippen molar-refractivity contribution in [1.82, 2.24) is 15.5 Å². The van der Waals surface area contributed by atoms with E-state index in [2.05, 4.69) is 10.6 Å². The van der Waals surface area contributed by atoms with E-state index in [0.29, 0.717) is 39.3 Å². The predicted molar refractivity (Wildman–Crippen MR) is 96.9 cm³/mol. The highest BCUT2D eigenvalue weighted by molar-refractivity contribution is 5.79. The number of nitrogens with one attached hydrogen (secondary N) is 2. The molecule has 0 unspecified atom stereocenters. The number of hydrogen-bond acceptors (Lipinski definition) is 4. The maximum Gasteiger partial charge on any atom is 0.317 e. The molecular formula is C19H27N3O4. The fourth-order valence-corrected chi connectivity index (χ4v) is 3.57. The van der Waals surface area contributed by atoms with Gasteiger partial charge in [-0.2, -0.15) is 0 Å². The average Bonchev–Trinajstić information content (AvgIpc) is 3.01. The lowest BCUT2D eigenvalue weighted by Crippen LogP contribution is -2.47. The summed E-state index contributed by atoms with van der Waals surface area (Å²) < 4.78 is 10.6. The Labute approximate surface area is 154 Å². The van der Waals surface area contributed by atoms with E-state index in [4.69, 9.17) is 9.47 Å². The summed E-state index contributed by atoms with van der Waals surface area (Å²) in [6, 6.07) is 7.64. The second-order valence-electron chi connectivity index (χ2n) is 7.09. The Morgan fingerprint density at radius 1 is 1.31 bits per heavy atom. The van der Waals surface area contributed by atoms with Gasteiger partial charge in [-0.15, -0.1) is 0 Å². The molecular weight excluding hydrogens is 334 g/mol. The van der Waals surface area contributed by atoms with Crippen molar-refractivity contribution < 1.29 is 19.1 Å². The Bertz CT molecular complexity index is 641. The largest absolute Gasteiger partial charge is 0.491 e. The van der Waals surface area contributed by atoms with Gasteiger partial charge in [0.25, 0.3) is 0 Å². The molecule has 3 rings (SSSR count). The number of benzene rings is 1. The number of amides is 3. The first-order valence-corrected chi connectivity index (χ1v) is 9.10. The Hall–Kier alpha value is -2.28. The topological polar surface area (TPSA) is 79.9 Å². The first-order valence-electron chi connectivity index (χ1n) is 9.10. The SMILES string of the molecule is COCCOc1cccc(CNC(=O)N2CCC3(CC2)CNC(=O)C3)c1. The van der Waals surface area contributed by atoms with Crippen molar-refractivity contribution in [2.24, 2.45) is 5.41 Å². The lowest BCUT2D eigenvalue weighted by atomic mass is 9.78. The van der Waals surface area contributed by atoms with Crippen molar-refractivity contribution in [3.63, 3.8) is 0 Å². The van der Waals surface area contributed by atoms with Crippen molar-refractivity contribution in [2.75, 3.05) is 40.0 Å². The third-order valence-electron chi connectivity index (χ3n) is 5.21. The maximum absolute atomic E-state index is 12.4. The van der Waals surface area contributed by atoms with Gasteiger partial charge in [-0.3, -0.25) is 4.79 Å². The highest BCUT2D eigenvalue weighted by Crippen LogP contribution is 2.37. The fourth-order valence-electron chi connectivity index (χ4n) is 3.57. The summed E-state index contributed by atoms with van der Waals surface area (Å²) in [5.41, 5.74) is 1.05. The van der Waals surface area contributed by atoms with Gasteiger partial charge in [-0.1, -0.05) is 12.1 Å². The molecule has 2 aliphatic rings. The van der Waals surface area contributed by atoms with Crippen LogP contribution in [0.25, 0.3) is 0 Å². The van der Waals surface area contributed by atoms with Crippen LogP contribution in [-0.4, -0.2) is 56.8 Å². The summed E-state index contributed by atoms with van der Waals surface area (Å²) >= 11 is 0. The molecule has 0 aliphatic carbocycles. The monoisotopic (exact) mass is 361 g/mol. The molecule has 142 valence electrons. The second kappa shape index (κ2) is 8.40. The number of hydrogen-bond donors (Lipinski definition) is 2. The predicted octanol–water partition coefficient (Wildman–Crippen LogP) is 1.52. The van der Waals surface area contributed by atoms with Crippen LogP contribution < -0.4 is 15.4 Å². The molecule has 7 heteroatoms. The molecule has 2 N–H and O–H groups in total. The number of methoxy groups -OCH3 is 1. The van der Waals surface area contributed by atoms with Gasteiger partial charge in [0, 0.05) is 39.7 Å². The first kappa shape index (κ1) is 18.5. The summed E-state index contributed by atoms with van der Waals surface area (Å²) in [6.45, 7) is 3.64. The van der Waals surface area contributed by atoms with Crippen molar-refractivity contribution in [3.8, 4) is 5.75 Å². The molecule has 0 saturated carbocycles. The van der Waals surface area contributed by atoms with Gasteiger partial charge in [-0.05, 0) is 36.0 Å². The van der Waals surface area contributed by atoms with E-state index in [1.807, 2.05) is 29.2 Å². The Morgan fingerprint density at radius 2 is 2.12 bits per heavy atom. The lowest BCUT2D eigenvalue weighted by molar-refractivity contribution is -0.119. The number of carbonyl (C=O) groups excluding carboxylic acids is 2. The number of piperidine rings is 1. The normalized spacial score (nSPS) is 18.7. The zero-order valence-electron chi connectivity index (χ0n) is 15.3. The van der Waals surface area contributed by atoms with Crippen LogP contribution in [0, 0.1) is 5.41 Å². The smallest absolute Gasteiger partial charge is 0.317 e. The van der Waals surface area contributed by atoms with Crippen molar-refractivity contribution >= 4 is 11.9 Å². The molecule has 3 amide bonds. The molecule has 2 aliphatic heterocycles. The molecule has 1 spiro atoms. The molecule has 7 nitrogen and oxygen atoms in total. The van der Waals surface area contributed by atoms with Crippen LogP contribution in [0.15, 0.2) is 24.3 Å². The van der Waals surface area contributed by atoms with E-state index in [1.165, 1.54) is 0 Å². The van der Waals surface area contributed by atoms with E-state index < -0.39 is 0 Å². The summed E-state index contributed by atoms with van der Waals surface area (Å²) in [4.78, 5) is 25.7. The summed E-state index contributed by atoms with van der Waals surface area (Å²) in [6.07, 6.45) is 2.35. The molecule has 0 bridgehead atoms. The number of ether oxygens (including phenoxy) is 2. The fraction of sp³-hybridized carbons (Fsp3) is 0.579. The summed E-state index contributed by atoms with van der Waals surface area (Å²) in [5.74, 6) is 0.905. The minimum absolute atomic E-state index is 0.0529. The van der Waals surface area contributed by atoms with Gasteiger partial charge < -0.3 is 25.0 Å². The van der Waals surface area contributed by atoms with Gasteiger partial charge in [0.2, 0.25) is 5.91 Å². The zero-order chi connectivity index (χ0) is 18.4. The lowest BCUT2D eigenvalue weighted by Gasteiger charge is -2.38. The van der Waals surface area contributed by atoms with Crippen LogP contribution in [0.3, 0.4) is 0 Å². The minimum Gasteiger partial charge on any atom is -0.491 e. The van der Waals surface area contributed by atoms with E-state index in [-0.39, 0.29) is 17.4 Å². The quantitative estimate of drug-likeness (QED) is 0.753. The number of urea groups is 1. The Kier molecular flexibility index (Phi) is 5.98. The van der Waals surface area contributed by atoms with E-state index in [0.717, 1.165) is 30.7 Å². The standard InChI is InChI=1S/C19H27N3O4/c1-25-9-10-26-16-4-2-3-15(11-16)13-20-18(24)22-7-5-19(6-8-22)12-17(23)21-14-19/h2-4,11H,5-10,12-14H2,1H3,(H,20,24)(H,21,23).